The van der Waals surface area contributed by atoms with Gasteiger partial charge < -0.3 is 14.8 Å². The summed E-state index contributed by atoms with van der Waals surface area (Å²) >= 11 is 6.11. The van der Waals surface area contributed by atoms with Crippen molar-refractivity contribution in [3.05, 3.63) is 64.7 Å². The van der Waals surface area contributed by atoms with Crippen LogP contribution < -0.4 is 10.1 Å². The summed E-state index contributed by atoms with van der Waals surface area (Å²) < 4.78 is 50.1. The van der Waals surface area contributed by atoms with Crippen molar-refractivity contribution in [1.29, 1.82) is 0 Å². The molecular formula is C26H31ClF3NO2. The van der Waals surface area contributed by atoms with Crippen LogP contribution in [0.2, 0.25) is 5.02 Å². The molecule has 1 aliphatic heterocycles. The van der Waals surface area contributed by atoms with Gasteiger partial charge >= 0.3 is 6.18 Å². The number of benzene rings is 2. The van der Waals surface area contributed by atoms with Gasteiger partial charge in [-0.2, -0.15) is 13.2 Å². The highest BCUT2D eigenvalue weighted by Crippen LogP contribution is 2.49. The minimum Gasteiger partial charge on any atom is -0.493 e. The molecule has 0 bridgehead atoms. The van der Waals surface area contributed by atoms with Crippen molar-refractivity contribution in [2.45, 2.75) is 49.8 Å². The van der Waals surface area contributed by atoms with Crippen LogP contribution >= 0.6 is 11.6 Å². The highest BCUT2D eigenvalue weighted by Gasteiger charge is 2.46. The summed E-state index contributed by atoms with van der Waals surface area (Å²) in [6.45, 7) is 2.26. The molecule has 1 N–H and O–H groups in total. The fourth-order valence-corrected chi connectivity index (χ4v) is 5.50. The number of alkyl halides is 3. The number of hydrogen-bond donors (Lipinski definition) is 1. The fraction of sp³-hybridized carbons (Fsp3) is 0.538. The van der Waals surface area contributed by atoms with E-state index >= 15 is 0 Å². The molecule has 3 atom stereocenters. The van der Waals surface area contributed by atoms with Crippen LogP contribution in [0.25, 0.3) is 0 Å². The van der Waals surface area contributed by atoms with Crippen LogP contribution in [-0.4, -0.2) is 32.9 Å². The molecule has 33 heavy (non-hydrogen) atoms. The van der Waals surface area contributed by atoms with Gasteiger partial charge in [0, 0.05) is 30.0 Å². The SMILES string of the molecule is COC(C[C@H]1CNCC(COc2ccc(C(F)(F)F)cc2)C1)C1(c2ccc(Cl)cc2)CCC1. The van der Waals surface area contributed by atoms with Crippen molar-refractivity contribution in [3.63, 3.8) is 0 Å². The highest BCUT2D eigenvalue weighted by molar-refractivity contribution is 6.30. The molecule has 1 heterocycles. The van der Waals surface area contributed by atoms with E-state index in [2.05, 4.69) is 17.4 Å². The number of hydrogen-bond acceptors (Lipinski definition) is 3. The minimum absolute atomic E-state index is 0.0447. The zero-order valence-electron chi connectivity index (χ0n) is 18.8. The Labute approximate surface area is 198 Å². The largest absolute Gasteiger partial charge is 0.493 e. The molecule has 1 saturated heterocycles. The predicted octanol–water partition coefficient (Wildman–Crippen LogP) is 6.49. The number of halogens is 4. The van der Waals surface area contributed by atoms with Crippen LogP contribution in [0.4, 0.5) is 13.2 Å². The van der Waals surface area contributed by atoms with Crippen LogP contribution in [0.3, 0.4) is 0 Å². The first-order valence-corrected chi connectivity index (χ1v) is 12.0. The molecule has 2 aliphatic rings. The molecule has 7 heteroatoms. The standard InChI is InChI=1S/C26H31ClF3NO2/c1-32-24(25(11-2-12-25)20-3-7-22(27)8-4-20)14-18-13-19(16-31-15-18)17-33-23-9-5-21(6-10-23)26(28,29)30/h3-10,18-19,24,31H,2,11-17H2,1H3/t18-,19?,24?/m0/s1. The maximum absolute atomic E-state index is 12.7. The molecule has 3 nitrogen and oxygen atoms in total. The van der Waals surface area contributed by atoms with Gasteiger partial charge in [-0.25, -0.2) is 0 Å². The molecular weight excluding hydrogens is 451 g/mol. The molecule has 4 rings (SSSR count). The second-order valence-electron chi connectivity index (χ2n) is 9.44. The molecule has 180 valence electrons. The molecule has 0 radical (unpaired) electrons. The highest BCUT2D eigenvalue weighted by atomic mass is 35.5. The lowest BCUT2D eigenvalue weighted by atomic mass is 9.59. The van der Waals surface area contributed by atoms with Crippen LogP contribution in [0.1, 0.15) is 43.2 Å². The van der Waals surface area contributed by atoms with Gasteiger partial charge in [0.1, 0.15) is 5.75 Å². The fourth-order valence-electron chi connectivity index (χ4n) is 5.38. The van der Waals surface area contributed by atoms with Gasteiger partial charge in [-0.3, -0.25) is 0 Å². The van der Waals surface area contributed by atoms with Crippen molar-refractivity contribution in [1.82, 2.24) is 5.32 Å². The minimum atomic E-state index is -4.33. The van der Waals surface area contributed by atoms with Crippen LogP contribution in [0.5, 0.6) is 5.75 Å². The first kappa shape index (κ1) is 24.4. The van der Waals surface area contributed by atoms with Crippen molar-refractivity contribution < 1.29 is 22.6 Å². The number of methoxy groups -OCH3 is 1. The van der Waals surface area contributed by atoms with E-state index < -0.39 is 11.7 Å². The Morgan fingerprint density at radius 1 is 1.03 bits per heavy atom. The Bertz CT molecular complexity index is 897. The first-order valence-electron chi connectivity index (χ1n) is 11.6. The second kappa shape index (κ2) is 10.2. The average molecular weight is 482 g/mol. The molecule has 2 unspecified atom stereocenters. The third-order valence-electron chi connectivity index (χ3n) is 7.31. The maximum Gasteiger partial charge on any atom is 0.416 e. The van der Waals surface area contributed by atoms with Gasteiger partial charge in [-0.15, -0.1) is 0 Å². The molecule has 0 amide bonds. The van der Waals surface area contributed by atoms with Crippen molar-refractivity contribution in [2.24, 2.45) is 11.8 Å². The van der Waals surface area contributed by atoms with Crippen molar-refractivity contribution >= 4 is 11.6 Å². The zero-order valence-corrected chi connectivity index (χ0v) is 19.6. The van der Waals surface area contributed by atoms with Gasteiger partial charge in [-0.05, 0) is 80.1 Å². The van der Waals surface area contributed by atoms with Crippen LogP contribution in [0, 0.1) is 11.8 Å². The number of ether oxygens (including phenoxy) is 2. The van der Waals surface area contributed by atoms with Gasteiger partial charge in [-0.1, -0.05) is 30.2 Å². The van der Waals surface area contributed by atoms with Crippen LogP contribution in [-0.2, 0) is 16.3 Å². The third kappa shape index (κ3) is 5.67. The van der Waals surface area contributed by atoms with Crippen LogP contribution in [0.15, 0.2) is 48.5 Å². The maximum atomic E-state index is 12.7. The molecule has 0 spiro atoms. The van der Waals surface area contributed by atoms with Crippen molar-refractivity contribution in [2.75, 3.05) is 26.8 Å². The zero-order chi connectivity index (χ0) is 23.5. The Kier molecular flexibility index (Phi) is 7.56. The Hall–Kier alpha value is -1.76. The Balaban J connectivity index is 1.34. The van der Waals surface area contributed by atoms with E-state index in [1.807, 2.05) is 19.2 Å². The Morgan fingerprint density at radius 3 is 2.27 bits per heavy atom. The molecule has 2 aromatic rings. The van der Waals surface area contributed by atoms with Gasteiger partial charge in [0.15, 0.2) is 0 Å². The molecule has 2 aromatic carbocycles. The topological polar surface area (TPSA) is 30.5 Å². The predicted molar refractivity (Wildman–Crippen MR) is 124 cm³/mol. The van der Waals surface area contributed by atoms with Gasteiger partial charge in [0.2, 0.25) is 0 Å². The summed E-state index contributed by atoms with van der Waals surface area (Å²) in [7, 11) is 1.81. The van der Waals surface area contributed by atoms with Crippen molar-refractivity contribution in [3.8, 4) is 5.75 Å². The quantitative estimate of drug-likeness (QED) is 0.467. The van der Waals surface area contributed by atoms with E-state index in [1.54, 1.807) is 0 Å². The Morgan fingerprint density at radius 2 is 1.70 bits per heavy atom. The summed E-state index contributed by atoms with van der Waals surface area (Å²) in [5.41, 5.74) is 0.685. The molecule has 1 aliphatic carbocycles. The van der Waals surface area contributed by atoms with E-state index in [0.29, 0.717) is 24.2 Å². The smallest absolute Gasteiger partial charge is 0.416 e. The summed E-state index contributed by atoms with van der Waals surface area (Å²) in [6.07, 6.45) is 1.21. The lowest BCUT2D eigenvalue weighted by molar-refractivity contribution is -0.137. The normalized spacial score (nSPS) is 23.5. The average Bonchev–Trinajstić information content (AvgIpc) is 2.77. The molecule has 0 aromatic heterocycles. The van der Waals surface area contributed by atoms with Gasteiger partial charge in [0.25, 0.3) is 0 Å². The monoisotopic (exact) mass is 481 g/mol. The van der Waals surface area contributed by atoms with E-state index in [9.17, 15) is 13.2 Å². The van der Waals surface area contributed by atoms with E-state index in [4.69, 9.17) is 21.1 Å². The number of piperidine rings is 1. The lowest BCUT2D eigenvalue weighted by Crippen LogP contribution is -2.49. The summed E-state index contributed by atoms with van der Waals surface area (Å²) in [5, 5.41) is 4.26. The van der Waals surface area contributed by atoms with E-state index in [0.717, 1.165) is 55.9 Å². The third-order valence-corrected chi connectivity index (χ3v) is 7.57. The summed E-state index contributed by atoms with van der Waals surface area (Å²) in [6, 6.07) is 13.1. The first-order chi connectivity index (χ1) is 15.8. The molecule has 1 saturated carbocycles. The van der Waals surface area contributed by atoms with E-state index in [-0.39, 0.29) is 11.5 Å². The second-order valence-corrected chi connectivity index (χ2v) is 9.87. The summed E-state index contributed by atoms with van der Waals surface area (Å²) in [4.78, 5) is 0. The summed E-state index contributed by atoms with van der Waals surface area (Å²) in [5.74, 6) is 1.22. The van der Waals surface area contributed by atoms with Gasteiger partial charge in [0.05, 0.1) is 18.3 Å². The lowest BCUT2D eigenvalue weighted by Gasteiger charge is -2.49. The molecule has 2 fully saturated rings. The number of rotatable bonds is 8. The number of nitrogens with one attached hydrogen (secondary N) is 1. The van der Waals surface area contributed by atoms with E-state index in [1.165, 1.54) is 24.1 Å².